The summed E-state index contributed by atoms with van der Waals surface area (Å²) in [5.74, 6) is -0.963. The molecule has 32 heavy (non-hydrogen) atoms. The molecule has 3 atom stereocenters. The first-order valence-electron chi connectivity index (χ1n) is 10.2. The molecule has 0 spiro atoms. The van der Waals surface area contributed by atoms with Crippen LogP contribution in [0.3, 0.4) is 0 Å². The first kappa shape index (κ1) is 23.6. The van der Waals surface area contributed by atoms with Gasteiger partial charge in [-0.2, -0.15) is 0 Å². The third-order valence-corrected chi connectivity index (χ3v) is 5.42. The van der Waals surface area contributed by atoms with Gasteiger partial charge >= 0.3 is 6.36 Å². The molecular weight excluding hydrogens is 425 g/mol. The summed E-state index contributed by atoms with van der Waals surface area (Å²) in [7, 11) is 1.44. The summed E-state index contributed by atoms with van der Waals surface area (Å²) in [6.45, 7) is 2.33. The monoisotopic (exact) mass is 450 g/mol. The quantitative estimate of drug-likeness (QED) is 0.728. The maximum absolute atomic E-state index is 12.8. The lowest BCUT2D eigenvalue weighted by molar-refractivity contribution is -0.274. The largest absolute Gasteiger partial charge is 0.573 e. The average molecular weight is 450 g/mol. The molecule has 0 aromatic heterocycles. The zero-order valence-electron chi connectivity index (χ0n) is 17.8. The van der Waals surface area contributed by atoms with Gasteiger partial charge in [0.1, 0.15) is 11.9 Å². The Bertz CT molecular complexity index is 919. The van der Waals surface area contributed by atoms with Crippen molar-refractivity contribution in [1.82, 2.24) is 10.2 Å². The van der Waals surface area contributed by atoms with E-state index < -0.39 is 12.5 Å². The van der Waals surface area contributed by atoms with E-state index in [9.17, 15) is 22.8 Å². The number of hydrogen-bond acceptors (Lipinski definition) is 4. The fourth-order valence-corrected chi connectivity index (χ4v) is 3.78. The van der Waals surface area contributed by atoms with E-state index in [0.717, 1.165) is 5.56 Å². The first-order chi connectivity index (χ1) is 15.2. The lowest BCUT2D eigenvalue weighted by Gasteiger charge is -2.39. The van der Waals surface area contributed by atoms with Crippen molar-refractivity contribution < 1.29 is 32.2 Å². The Kier molecular flexibility index (Phi) is 7.40. The van der Waals surface area contributed by atoms with Crippen LogP contribution in [0.25, 0.3) is 0 Å². The maximum atomic E-state index is 12.8. The molecule has 6 nitrogen and oxygen atoms in total. The molecule has 2 aromatic carbocycles. The molecule has 172 valence electrons. The number of ether oxygens (including phenoxy) is 2. The van der Waals surface area contributed by atoms with Crippen LogP contribution in [0.1, 0.15) is 35.2 Å². The van der Waals surface area contributed by atoms with Gasteiger partial charge in [-0.25, -0.2) is 0 Å². The number of halogens is 3. The van der Waals surface area contributed by atoms with Crippen molar-refractivity contribution in [3.8, 4) is 5.75 Å². The molecule has 2 amide bonds. The SMILES string of the molecule is COC(C)C(=O)N1CC(NC(=O)c2ccccc2)CC(c2ccc(OC(F)(F)F)cc2)C1. The molecule has 1 aliphatic heterocycles. The Morgan fingerprint density at radius 2 is 1.72 bits per heavy atom. The highest BCUT2D eigenvalue weighted by Crippen LogP contribution is 2.30. The summed E-state index contributed by atoms with van der Waals surface area (Å²) in [6, 6.07) is 14.0. The normalized spacial score (nSPS) is 19.8. The van der Waals surface area contributed by atoms with Crippen molar-refractivity contribution in [2.75, 3.05) is 20.2 Å². The standard InChI is InChI=1S/C23H25F3N2O4/c1-15(31-2)22(30)28-13-18(16-8-10-20(11-9-16)32-23(24,25)26)12-19(14-28)27-21(29)17-6-4-3-5-7-17/h3-11,15,18-19H,12-14H2,1-2H3,(H,27,29). The molecule has 0 bridgehead atoms. The Morgan fingerprint density at radius 3 is 2.31 bits per heavy atom. The van der Waals surface area contributed by atoms with Gasteiger partial charge in [-0.05, 0) is 43.2 Å². The number of piperidine rings is 1. The predicted molar refractivity (Wildman–Crippen MR) is 111 cm³/mol. The molecule has 1 aliphatic rings. The van der Waals surface area contributed by atoms with E-state index in [4.69, 9.17) is 4.74 Å². The third-order valence-electron chi connectivity index (χ3n) is 5.42. The smallest absolute Gasteiger partial charge is 0.406 e. The highest BCUT2D eigenvalue weighted by atomic mass is 19.4. The molecular formula is C23H25F3N2O4. The molecule has 0 saturated carbocycles. The number of benzene rings is 2. The van der Waals surface area contributed by atoms with Crippen LogP contribution in [-0.2, 0) is 9.53 Å². The zero-order chi connectivity index (χ0) is 23.3. The highest BCUT2D eigenvalue weighted by molar-refractivity contribution is 5.94. The number of carbonyl (C=O) groups is 2. The van der Waals surface area contributed by atoms with Gasteiger partial charge in [-0.15, -0.1) is 13.2 Å². The van der Waals surface area contributed by atoms with Gasteiger partial charge in [0.2, 0.25) is 0 Å². The van der Waals surface area contributed by atoms with E-state index in [-0.39, 0.29) is 29.5 Å². The minimum atomic E-state index is -4.77. The number of amides is 2. The fourth-order valence-electron chi connectivity index (χ4n) is 3.78. The van der Waals surface area contributed by atoms with E-state index in [1.807, 2.05) is 6.07 Å². The second kappa shape index (κ2) is 10.0. The van der Waals surface area contributed by atoms with Crippen molar-refractivity contribution in [2.45, 2.75) is 37.8 Å². The van der Waals surface area contributed by atoms with Gasteiger partial charge < -0.3 is 19.7 Å². The van der Waals surface area contributed by atoms with Gasteiger partial charge in [0.15, 0.2) is 0 Å². The second-order valence-electron chi connectivity index (χ2n) is 7.71. The summed E-state index contributed by atoms with van der Waals surface area (Å²) in [5.41, 5.74) is 1.26. The van der Waals surface area contributed by atoms with Crippen LogP contribution in [0.5, 0.6) is 5.75 Å². The third kappa shape index (κ3) is 6.23. The summed E-state index contributed by atoms with van der Waals surface area (Å²) in [4.78, 5) is 27.0. The Labute approximate surface area is 184 Å². The molecule has 1 saturated heterocycles. The van der Waals surface area contributed by atoms with Crippen LogP contribution in [0, 0.1) is 0 Å². The van der Waals surface area contributed by atoms with Crippen molar-refractivity contribution in [3.05, 3.63) is 65.7 Å². The van der Waals surface area contributed by atoms with Crippen molar-refractivity contribution in [2.24, 2.45) is 0 Å². The summed E-state index contributed by atoms with van der Waals surface area (Å²) < 4.78 is 46.4. The second-order valence-corrected chi connectivity index (χ2v) is 7.71. The molecule has 2 aromatic rings. The van der Waals surface area contributed by atoms with Gasteiger partial charge in [0.25, 0.3) is 11.8 Å². The van der Waals surface area contributed by atoms with Crippen molar-refractivity contribution in [1.29, 1.82) is 0 Å². The molecule has 3 rings (SSSR count). The number of nitrogens with zero attached hydrogens (tertiary/aromatic N) is 1. The average Bonchev–Trinajstić information content (AvgIpc) is 2.77. The number of alkyl halides is 3. The number of hydrogen-bond donors (Lipinski definition) is 1. The van der Waals surface area contributed by atoms with E-state index in [1.165, 1.54) is 19.2 Å². The zero-order valence-corrected chi connectivity index (χ0v) is 17.8. The number of methoxy groups -OCH3 is 1. The summed E-state index contributed by atoms with van der Waals surface area (Å²) in [6.07, 6.45) is -4.89. The minimum absolute atomic E-state index is 0.183. The van der Waals surface area contributed by atoms with Crippen LogP contribution >= 0.6 is 0 Å². The van der Waals surface area contributed by atoms with E-state index in [2.05, 4.69) is 10.1 Å². The molecule has 3 unspecified atom stereocenters. The van der Waals surface area contributed by atoms with Gasteiger partial charge in [0.05, 0.1) is 0 Å². The number of carbonyl (C=O) groups excluding carboxylic acids is 2. The van der Waals surface area contributed by atoms with Crippen LogP contribution < -0.4 is 10.1 Å². The Morgan fingerprint density at radius 1 is 1.06 bits per heavy atom. The maximum Gasteiger partial charge on any atom is 0.573 e. The Balaban J connectivity index is 1.78. The topological polar surface area (TPSA) is 67.9 Å². The fraction of sp³-hybridized carbons (Fsp3) is 0.391. The van der Waals surface area contributed by atoms with Crippen LogP contribution in [0.2, 0.25) is 0 Å². The summed E-state index contributed by atoms with van der Waals surface area (Å²) in [5, 5.41) is 2.97. The van der Waals surface area contributed by atoms with E-state index >= 15 is 0 Å². The minimum Gasteiger partial charge on any atom is -0.406 e. The molecule has 0 aliphatic carbocycles. The number of likely N-dealkylation sites (tertiary alicyclic amines) is 1. The van der Waals surface area contributed by atoms with Gasteiger partial charge in [-0.3, -0.25) is 9.59 Å². The van der Waals surface area contributed by atoms with Crippen molar-refractivity contribution >= 4 is 11.8 Å². The molecule has 1 N–H and O–H groups in total. The lowest BCUT2D eigenvalue weighted by Crippen LogP contribution is -2.54. The number of nitrogens with one attached hydrogen (secondary N) is 1. The van der Waals surface area contributed by atoms with Gasteiger partial charge in [-0.1, -0.05) is 30.3 Å². The van der Waals surface area contributed by atoms with Crippen LogP contribution in [0.4, 0.5) is 13.2 Å². The summed E-state index contributed by atoms with van der Waals surface area (Å²) >= 11 is 0. The van der Waals surface area contributed by atoms with Crippen molar-refractivity contribution in [3.63, 3.8) is 0 Å². The van der Waals surface area contributed by atoms with Crippen LogP contribution in [-0.4, -0.2) is 55.4 Å². The molecule has 1 fully saturated rings. The predicted octanol–water partition coefficient (Wildman–Crippen LogP) is 3.73. The van der Waals surface area contributed by atoms with Gasteiger partial charge in [0, 0.05) is 37.7 Å². The Hall–Kier alpha value is -3.07. The van der Waals surface area contributed by atoms with E-state index in [1.54, 1.807) is 48.2 Å². The molecule has 9 heteroatoms. The van der Waals surface area contributed by atoms with E-state index in [0.29, 0.717) is 25.1 Å². The lowest BCUT2D eigenvalue weighted by atomic mass is 9.87. The first-order valence-corrected chi connectivity index (χ1v) is 10.2. The highest BCUT2D eigenvalue weighted by Gasteiger charge is 2.34. The van der Waals surface area contributed by atoms with Crippen LogP contribution in [0.15, 0.2) is 54.6 Å². The molecule has 0 radical (unpaired) electrons. The number of rotatable bonds is 6. The molecule has 1 heterocycles.